The molecule has 0 saturated heterocycles. The maximum Gasteiger partial charge on any atom is 0.135 e. The Balaban J connectivity index is 1.12. The van der Waals surface area contributed by atoms with Crippen molar-refractivity contribution in [2.45, 2.75) is 26.2 Å². The van der Waals surface area contributed by atoms with Gasteiger partial charge in [-0.3, -0.25) is 0 Å². The van der Waals surface area contributed by atoms with Gasteiger partial charge in [0.15, 0.2) is 0 Å². The first kappa shape index (κ1) is 54.5. The number of benzene rings is 13. The molecule has 0 amide bonds. The molecule has 0 spiro atoms. The van der Waals surface area contributed by atoms with Crippen molar-refractivity contribution >= 4 is 105 Å². The smallest absolute Gasteiger partial charge is 0.135 e. The molecule has 0 atom stereocenters. The van der Waals surface area contributed by atoms with Crippen molar-refractivity contribution in [1.29, 1.82) is 0 Å². The van der Waals surface area contributed by atoms with Gasteiger partial charge in [-0.1, -0.05) is 248 Å². The van der Waals surface area contributed by atoms with Crippen molar-refractivity contribution in [2.75, 3.05) is 9.80 Å². The summed E-state index contributed by atoms with van der Waals surface area (Å²) in [5.41, 5.74) is 22.5. The van der Waals surface area contributed by atoms with E-state index in [2.05, 4.69) is 342 Å². The van der Waals surface area contributed by atoms with Gasteiger partial charge >= 0.3 is 0 Å². The zero-order valence-electron chi connectivity index (χ0n) is 48.9. The summed E-state index contributed by atoms with van der Waals surface area (Å²) >= 11 is 11.2. The predicted molar refractivity (Wildman–Crippen MR) is 376 cm³/mol. The molecule has 88 heavy (non-hydrogen) atoms. The quantitative estimate of drug-likeness (QED) is 0.122. The molecular weight excluding hydrogens is 1160 g/mol. The number of furan rings is 1. The van der Waals surface area contributed by atoms with Crippen molar-refractivity contribution < 1.29 is 4.42 Å². The minimum atomic E-state index is -0.137. The highest BCUT2D eigenvalue weighted by atomic mass is 79.9. The van der Waals surface area contributed by atoms with Gasteiger partial charge in [0.1, 0.15) is 11.2 Å². The van der Waals surface area contributed by atoms with Crippen LogP contribution < -0.4 is 9.80 Å². The molecule has 0 bridgehead atoms. The third-order valence-corrected chi connectivity index (χ3v) is 17.7. The Labute approximate surface area is 526 Å². The topological polar surface area (TPSA) is 24.6 Å². The lowest BCUT2D eigenvalue weighted by atomic mass is 9.84. The highest BCUT2D eigenvalue weighted by molar-refractivity contribution is 9.10. The van der Waals surface area contributed by atoms with E-state index in [9.17, 15) is 0 Å². The van der Waals surface area contributed by atoms with Crippen molar-refractivity contribution in [1.82, 2.24) is 4.57 Å². The Hall–Kier alpha value is -10.2. The average molecular weight is 1220 g/mol. The fraction of sp³-hybridized carbons (Fsp3) is 0.0488. The molecular formula is C82H59BrClN3O. The number of halogens is 2. The van der Waals surface area contributed by atoms with E-state index >= 15 is 0 Å². The second kappa shape index (κ2) is 22.6. The molecule has 0 radical (unpaired) electrons. The molecule has 13 aromatic carbocycles. The van der Waals surface area contributed by atoms with E-state index in [4.69, 9.17) is 16.0 Å². The van der Waals surface area contributed by atoms with Gasteiger partial charge in [0.05, 0.1) is 28.1 Å². The van der Waals surface area contributed by atoms with E-state index in [-0.39, 0.29) is 5.41 Å². The highest BCUT2D eigenvalue weighted by Crippen LogP contribution is 2.53. The lowest BCUT2D eigenvalue weighted by molar-refractivity contribution is 0.590. The summed E-state index contributed by atoms with van der Waals surface area (Å²) < 4.78 is 9.96. The SMILES string of the molecule is CC(C)(C)c1ccc(N(c2cccc(Cl)c2)c2cc(-c3c(-c4ccc5oc6ccccc6c5c4)cccc3-n3c4ccccc4c4ccccc43)cc(N(c3cccc(Br)c3)c3c(-c4ccccc4)cccc3-c3ccccc3)c2)c(-c2ccccc2)c1. The molecule has 0 N–H and O–H groups in total. The van der Waals surface area contributed by atoms with E-state index in [0.29, 0.717) is 5.02 Å². The molecule has 0 saturated carbocycles. The summed E-state index contributed by atoms with van der Waals surface area (Å²) in [4.78, 5) is 4.89. The Morgan fingerprint density at radius 3 is 1.53 bits per heavy atom. The third-order valence-electron chi connectivity index (χ3n) is 17.0. The lowest BCUT2D eigenvalue weighted by Gasteiger charge is -2.34. The number of aromatic nitrogens is 1. The lowest BCUT2D eigenvalue weighted by Crippen LogP contribution is -2.16. The van der Waals surface area contributed by atoms with Crippen LogP contribution in [-0.4, -0.2) is 4.57 Å². The monoisotopic (exact) mass is 1220 g/mol. The number of hydrogen-bond donors (Lipinski definition) is 0. The van der Waals surface area contributed by atoms with Crippen molar-refractivity contribution in [3.63, 3.8) is 0 Å². The Morgan fingerprint density at radius 2 is 0.898 bits per heavy atom. The van der Waals surface area contributed by atoms with Crippen LogP contribution in [0, 0.1) is 0 Å². The number of hydrogen-bond acceptors (Lipinski definition) is 3. The number of para-hydroxylation sites is 4. The van der Waals surface area contributed by atoms with Crippen LogP contribution in [0.1, 0.15) is 26.3 Å². The number of fused-ring (bicyclic) bond motifs is 6. The summed E-state index contributed by atoms with van der Waals surface area (Å²) in [6.45, 7) is 6.86. The number of rotatable bonds is 12. The van der Waals surface area contributed by atoms with Crippen LogP contribution in [0.3, 0.4) is 0 Å². The van der Waals surface area contributed by atoms with Crippen LogP contribution in [0.15, 0.2) is 312 Å². The van der Waals surface area contributed by atoms with Gasteiger partial charge in [-0.2, -0.15) is 0 Å². The largest absolute Gasteiger partial charge is 0.456 e. The van der Waals surface area contributed by atoms with Crippen LogP contribution in [0.25, 0.3) is 105 Å². The fourth-order valence-corrected chi connectivity index (χ4v) is 13.5. The molecule has 4 nitrogen and oxygen atoms in total. The second-order valence-corrected chi connectivity index (χ2v) is 24.9. The summed E-state index contributed by atoms with van der Waals surface area (Å²) in [6, 6.07) is 110. The fourth-order valence-electron chi connectivity index (χ4n) is 12.9. The summed E-state index contributed by atoms with van der Waals surface area (Å²) in [5.74, 6) is 0. The first-order valence-corrected chi connectivity index (χ1v) is 31.0. The van der Waals surface area contributed by atoms with Crippen molar-refractivity contribution in [3.05, 3.63) is 318 Å². The Morgan fingerprint density at radius 1 is 0.364 bits per heavy atom. The molecule has 15 rings (SSSR count). The molecule has 15 aromatic rings. The zero-order valence-corrected chi connectivity index (χ0v) is 51.2. The minimum absolute atomic E-state index is 0.137. The van der Waals surface area contributed by atoms with Gasteiger partial charge in [0, 0.05) is 76.0 Å². The van der Waals surface area contributed by atoms with Crippen LogP contribution in [0.4, 0.5) is 34.1 Å². The first-order chi connectivity index (χ1) is 43.1. The van der Waals surface area contributed by atoms with Gasteiger partial charge in [-0.15, -0.1) is 0 Å². The van der Waals surface area contributed by atoms with E-state index in [1.165, 1.54) is 16.3 Å². The average Bonchev–Trinajstić information content (AvgIpc) is 1.41. The van der Waals surface area contributed by atoms with E-state index in [0.717, 1.165) is 133 Å². The Kier molecular flexibility index (Phi) is 14.0. The minimum Gasteiger partial charge on any atom is -0.456 e. The van der Waals surface area contributed by atoms with Crippen LogP contribution in [-0.2, 0) is 5.41 Å². The molecule has 0 aliphatic rings. The molecule has 0 fully saturated rings. The van der Waals surface area contributed by atoms with Crippen LogP contribution >= 0.6 is 27.5 Å². The summed E-state index contributed by atoms with van der Waals surface area (Å²) in [5, 5.41) is 5.13. The Bertz CT molecular complexity index is 5010. The predicted octanol–water partition coefficient (Wildman–Crippen LogP) is 24.7. The van der Waals surface area contributed by atoms with E-state index in [1.807, 2.05) is 12.1 Å². The van der Waals surface area contributed by atoms with Crippen LogP contribution in [0.2, 0.25) is 5.02 Å². The third kappa shape index (κ3) is 9.93. The number of nitrogens with zero attached hydrogens (tertiary/aromatic N) is 3. The molecule has 422 valence electrons. The summed E-state index contributed by atoms with van der Waals surface area (Å²) in [7, 11) is 0. The first-order valence-electron chi connectivity index (χ1n) is 29.9. The van der Waals surface area contributed by atoms with Crippen LogP contribution in [0.5, 0.6) is 0 Å². The molecule has 0 unspecified atom stereocenters. The van der Waals surface area contributed by atoms with Gasteiger partial charge in [0.2, 0.25) is 0 Å². The van der Waals surface area contributed by atoms with Crippen molar-refractivity contribution in [3.8, 4) is 61.3 Å². The molecule has 0 aliphatic carbocycles. The second-order valence-electron chi connectivity index (χ2n) is 23.5. The standard InChI is InChI=1S/C82H59BrClN3O/c1-82(2,3)59-44-45-76(72(50-59)56-27-11-6-12-28-56)85(63-32-20-30-61(84)52-63)64-47-58(48-65(53-64)86(62-31-19-29-60(83)51-62)81-67(54-23-7-4-8-24-54)37-21-38-68(81)55-25-9-5-10-26-55)80-66(57-43-46-79-73(49-57)71-35-15-18-42-78(71)88-79)36-22-41-77(80)87-74-39-16-13-33-69(74)70-34-14-17-40-75(70)87/h4-53H,1-3H3. The van der Waals surface area contributed by atoms with Gasteiger partial charge in [0.25, 0.3) is 0 Å². The normalized spacial score (nSPS) is 11.7. The molecule has 2 heterocycles. The van der Waals surface area contributed by atoms with E-state index in [1.54, 1.807) is 0 Å². The summed E-state index contributed by atoms with van der Waals surface area (Å²) in [6.07, 6.45) is 0. The van der Waals surface area contributed by atoms with Gasteiger partial charge in [-0.25, -0.2) is 0 Å². The van der Waals surface area contributed by atoms with Gasteiger partial charge in [-0.05, 0) is 147 Å². The maximum atomic E-state index is 7.22. The highest BCUT2D eigenvalue weighted by Gasteiger charge is 2.29. The van der Waals surface area contributed by atoms with Crippen molar-refractivity contribution in [2.24, 2.45) is 0 Å². The van der Waals surface area contributed by atoms with E-state index < -0.39 is 0 Å². The molecule has 6 heteroatoms. The van der Waals surface area contributed by atoms with Gasteiger partial charge < -0.3 is 18.8 Å². The zero-order chi connectivity index (χ0) is 59.5. The number of anilines is 6. The maximum absolute atomic E-state index is 7.22. The molecule has 2 aromatic heterocycles. The molecule has 0 aliphatic heterocycles.